The van der Waals surface area contributed by atoms with Crippen molar-refractivity contribution in [2.24, 2.45) is 0 Å². The molecule has 3 N–H and O–H groups in total. The van der Waals surface area contributed by atoms with Crippen LogP contribution in [0.15, 0.2) is 60.8 Å². The SMILES string of the molecule is COc1ccc(-c2cc(C(=O)Nc3c[nH]c4ccccc34)n[nH]2)cc1. The first-order valence-corrected chi connectivity index (χ1v) is 7.82. The zero-order valence-electron chi connectivity index (χ0n) is 13.5. The van der Waals surface area contributed by atoms with Crippen LogP contribution < -0.4 is 10.1 Å². The first-order valence-electron chi connectivity index (χ1n) is 7.82. The summed E-state index contributed by atoms with van der Waals surface area (Å²) in [5, 5.41) is 10.9. The maximum absolute atomic E-state index is 12.5. The lowest BCUT2D eigenvalue weighted by Crippen LogP contribution is -2.11. The van der Waals surface area contributed by atoms with Gasteiger partial charge in [0.25, 0.3) is 5.91 Å². The average Bonchev–Trinajstić information content (AvgIpc) is 3.30. The Morgan fingerprint density at radius 1 is 1.12 bits per heavy atom. The molecular weight excluding hydrogens is 316 g/mol. The van der Waals surface area contributed by atoms with Crippen molar-refractivity contribution in [2.75, 3.05) is 12.4 Å². The molecular formula is C19H16N4O2. The van der Waals surface area contributed by atoms with Gasteiger partial charge in [0, 0.05) is 17.1 Å². The summed E-state index contributed by atoms with van der Waals surface area (Å²) >= 11 is 0. The Bertz CT molecular complexity index is 1030. The number of rotatable bonds is 4. The van der Waals surface area contributed by atoms with E-state index in [2.05, 4.69) is 20.5 Å². The number of nitrogens with zero attached hydrogens (tertiary/aromatic N) is 1. The minimum atomic E-state index is -0.263. The second kappa shape index (κ2) is 6.16. The summed E-state index contributed by atoms with van der Waals surface area (Å²) in [6.45, 7) is 0. The number of carbonyl (C=O) groups excluding carboxylic acids is 1. The molecule has 4 aromatic rings. The maximum Gasteiger partial charge on any atom is 0.276 e. The van der Waals surface area contributed by atoms with Crippen molar-refractivity contribution in [3.63, 3.8) is 0 Å². The Kier molecular flexibility index (Phi) is 3.70. The molecule has 0 unspecified atom stereocenters. The highest BCUT2D eigenvalue weighted by atomic mass is 16.5. The third-order valence-corrected chi connectivity index (χ3v) is 4.05. The van der Waals surface area contributed by atoms with E-state index < -0.39 is 0 Å². The Morgan fingerprint density at radius 2 is 1.92 bits per heavy atom. The summed E-state index contributed by atoms with van der Waals surface area (Å²) in [5.41, 5.74) is 3.73. The van der Waals surface area contributed by atoms with Crippen LogP contribution in [0.2, 0.25) is 0 Å². The fourth-order valence-corrected chi connectivity index (χ4v) is 2.72. The maximum atomic E-state index is 12.5. The Labute approximate surface area is 143 Å². The van der Waals surface area contributed by atoms with Crippen molar-refractivity contribution in [1.82, 2.24) is 15.2 Å². The highest BCUT2D eigenvalue weighted by molar-refractivity contribution is 6.08. The molecule has 4 rings (SSSR count). The number of methoxy groups -OCH3 is 1. The van der Waals surface area contributed by atoms with Crippen LogP contribution in [-0.4, -0.2) is 28.2 Å². The molecule has 6 heteroatoms. The number of aromatic nitrogens is 3. The van der Waals surface area contributed by atoms with Crippen molar-refractivity contribution in [3.05, 3.63) is 66.5 Å². The molecule has 2 aromatic carbocycles. The molecule has 0 fully saturated rings. The van der Waals surface area contributed by atoms with E-state index in [1.165, 1.54) is 0 Å². The van der Waals surface area contributed by atoms with E-state index in [0.717, 1.165) is 33.6 Å². The second-order valence-electron chi connectivity index (χ2n) is 5.60. The van der Waals surface area contributed by atoms with Gasteiger partial charge < -0.3 is 15.0 Å². The van der Waals surface area contributed by atoms with E-state index in [1.54, 1.807) is 19.4 Å². The Hall–Kier alpha value is -3.54. The van der Waals surface area contributed by atoms with E-state index in [9.17, 15) is 4.79 Å². The van der Waals surface area contributed by atoms with Crippen LogP contribution in [0.1, 0.15) is 10.5 Å². The van der Waals surface area contributed by atoms with E-state index in [-0.39, 0.29) is 5.91 Å². The lowest BCUT2D eigenvalue weighted by atomic mass is 10.1. The molecule has 6 nitrogen and oxygen atoms in total. The highest BCUT2D eigenvalue weighted by Crippen LogP contribution is 2.24. The Balaban J connectivity index is 1.55. The quantitative estimate of drug-likeness (QED) is 0.531. The Morgan fingerprint density at radius 3 is 2.72 bits per heavy atom. The summed E-state index contributed by atoms with van der Waals surface area (Å²) in [6.07, 6.45) is 1.78. The van der Waals surface area contributed by atoms with Crippen LogP contribution in [0.4, 0.5) is 5.69 Å². The molecule has 124 valence electrons. The van der Waals surface area contributed by atoms with Gasteiger partial charge in [0.05, 0.1) is 18.5 Å². The number of fused-ring (bicyclic) bond motifs is 1. The van der Waals surface area contributed by atoms with Crippen molar-refractivity contribution in [3.8, 4) is 17.0 Å². The minimum absolute atomic E-state index is 0.263. The van der Waals surface area contributed by atoms with Crippen molar-refractivity contribution in [1.29, 1.82) is 0 Å². The molecule has 1 amide bonds. The number of amides is 1. The monoisotopic (exact) mass is 332 g/mol. The lowest BCUT2D eigenvalue weighted by molar-refractivity contribution is 0.102. The van der Waals surface area contributed by atoms with E-state index in [0.29, 0.717) is 5.69 Å². The topological polar surface area (TPSA) is 82.8 Å². The number of para-hydroxylation sites is 1. The molecule has 25 heavy (non-hydrogen) atoms. The van der Waals surface area contributed by atoms with Crippen LogP contribution in [-0.2, 0) is 0 Å². The molecule has 0 atom stereocenters. The molecule has 0 radical (unpaired) electrons. The van der Waals surface area contributed by atoms with Gasteiger partial charge in [-0.25, -0.2) is 0 Å². The van der Waals surface area contributed by atoms with E-state index >= 15 is 0 Å². The van der Waals surface area contributed by atoms with Crippen LogP contribution >= 0.6 is 0 Å². The molecule has 2 heterocycles. The first-order chi connectivity index (χ1) is 12.2. The normalized spacial score (nSPS) is 10.8. The summed E-state index contributed by atoms with van der Waals surface area (Å²) in [7, 11) is 1.62. The third-order valence-electron chi connectivity index (χ3n) is 4.05. The third kappa shape index (κ3) is 2.85. The molecule has 0 aliphatic carbocycles. The molecule has 0 spiro atoms. The number of aromatic amines is 2. The van der Waals surface area contributed by atoms with E-state index in [1.807, 2.05) is 48.5 Å². The van der Waals surface area contributed by atoms with Gasteiger partial charge in [-0.1, -0.05) is 18.2 Å². The zero-order valence-corrected chi connectivity index (χ0v) is 13.5. The fourth-order valence-electron chi connectivity index (χ4n) is 2.72. The first kappa shape index (κ1) is 15.0. The number of hydrogen-bond donors (Lipinski definition) is 3. The number of nitrogens with one attached hydrogen (secondary N) is 3. The summed E-state index contributed by atoms with van der Waals surface area (Å²) in [6, 6.07) is 17.1. The van der Waals surface area contributed by atoms with Crippen molar-refractivity contribution < 1.29 is 9.53 Å². The van der Waals surface area contributed by atoms with Crippen LogP contribution in [0, 0.1) is 0 Å². The summed E-state index contributed by atoms with van der Waals surface area (Å²) in [4.78, 5) is 15.6. The number of hydrogen-bond acceptors (Lipinski definition) is 3. The van der Waals surface area contributed by atoms with Gasteiger partial charge in [-0.2, -0.15) is 5.10 Å². The second-order valence-corrected chi connectivity index (χ2v) is 5.60. The summed E-state index contributed by atoms with van der Waals surface area (Å²) < 4.78 is 5.15. The van der Waals surface area contributed by atoms with E-state index in [4.69, 9.17) is 4.74 Å². The predicted octanol–water partition coefficient (Wildman–Crippen LogP) is 3.82. The minimum Gasteiger partial charge on any atom is -0.497 e. The number of carbonyl (C=O) groups is 1. The van der Waals surface area contributed by atoms with Gasteiger partial charge in [0.1, 0.15) is 5.75 Å². The zero-order chi connectivity index (χ0) is 17.2. The molecule has 0 aliphatic heterocycles. The van der Waals surface area contributed by atoms with Crippen LogP contribution in [0.25, 0.3) is 22.2 Å². The van der Waals surface area contributed by atoms with Crippen molar-refractivity contribution in [2.45, 2.75) is 0 Å². The number of H-pyrrole nitrogens is 2. The van der Waals surface area contributed by atoms with Gasteiger partial charge in [0.15, 0.2) is 5.69 Å². The molecule has 0 saturated heterocycles. The molecule has 0 bridgehead atoms. The smallest absolute Gasteiger partial charge is 0.276 e. The predicted molar refractivity (Wildman–Crippen MR) is 96.8 cm³/mol. The average molecular weight is 332 g/mol. The fraction of sp³-hybridized carbons (Fsp3) is 0.0526. The summed E-state index contributed by atoms with van der Waals surface area (Å²) in [5.74, 6) is 0.515. The van der Waals surface area contributed by atoms with Crippen LogP contribution in [0.3, 0.4) is 0 Å². The van der Waals surface area contributed by atoms with Gasteiger partial charge in [-0.15, -0.1) is 0 Å². The molecule has 0 aliphatic rings. The number of benzene rings is 2. The largest absolute Gasteiger partial charge is 0.497 e. The van der Waals surface area contributed by atoms with Gasteiger partial charge in [-0.3, -0.25) is 9.89 Å². The lowest BCUT2D eigenvalue weighted by Gasteiger charge is -2.01. The van der Waals surface area contributed by atoms with Gasteiger partial charge in [0.2, 0.25) is 0 Å². The molecule has 2 aromatic heterocycles. The van der Waals surface area contributed by atoms with Gasteiger partial charge >= 0.3 is 0 Å². The molecule has 0 saturated carbocycles. The number of ether oxygens (including phenoxy) is 1. The standard InChI is InChI=1S/C19H16N4O2/c1-25-13-8-6-12(7-9-13)16-10-17(23-22-16)19(24)21-18-11-20-15-5-3-2-4-14(15)18/h2-11,20H,1H3,(H,21,24)(H,22,23). The van der Waals surface area contributed by atoms with Crippen LogP contribution in [0.5, 0.6) is 5.75 Å². The highest BCUT2D eigenvalue weighted by Gasteiger charge is 2.13. The number of anilines is 1. The van der Waals surface area contributed by atoms with Gasteiger partial charge in [-0.05, 0) is 42.0 Å². The van der Waals surface area contributed by atoms with Crippen molar-refractivity contribution >= 4 is 22.5 Å².